The molecule has 0 spiro atoms. The number of Topliss-reactive ketones (excluding diaryl/α,β-unsaturated/α-hetero) is 1. The smallest absolute Gasteiger partial charge is 0.183 e. The van der Waals surface area contributed by atoms with Crippen LogP contribution in [-0.2, 0) is 19.5 Å². The third kappa shape index (κ3) is 3.86. The standard InChI is InChI=1S/C23H25N3O/c1-25-15-16-26-20(17-25)22(24-23(26)19-12-6-3-7-13-19)21(27)14-8-11-18-9-4-2-5-10-18/h2-7,9-10,12-13H,8,11,14-17H2,1H3. The molecule has 4 nitrogen and oxygen atoms in total. The second kappa shape index (κ2) is 7.89. The molecule has 1 aliphatic rings. The van der Waals surface area contributed by atoms with Crippen LogP contribution in [0.15, 0.2) is 60.7 Å². The van der Waals surface area contributed by atoms with Crippen molar-refractivity contribution < 1.29 is 4.79 Å². The Kier molecular flexibility index (Phi) is 5.16. The third-order valence-corrected chi connectivity index (χ3v) is 5.21. The van der Waals surface area contributed by atoms with Crippen LogP contribution < -0.4 is 0 Å². The van der Waals surface area contributed by atoms with Crippen molar-refractivity contribution in [1.82, 2.24) is 14.5 Å². The van der Waals surface area contributed by atoms with Gasteiger partial charge in [0.05, 0.1) is 5.69 Å². The molecule has 0 amide bonds. The number of benzene rings is 2. The van der Waals surface area contributed by atoms with Gasteiger partial charge in [0.25, 0.3) is 0 Å². The number of hydrogen-bond donors (Lipinski definition) is 0. The maximum absolute atomic E-state index is 13.0. The van der Waals surface area contributed by atoms with Gasteiger partial charge in [-0.15, -0.1) is 0 Å². The zero-order chi connectivity index (χ0) is 18.6. The third-order valence-electron chi connectivity index (χ3n) is 5.21. The Morgan fingerprint density at radius 3 is 2.44 bits per heavy atom. The molecule has 0 N–H and O–H groups in total. The van der Waals surface area contributed by atoms with Crippen molar-refractivity contribution in [3.8, 4) is 11.4 Å². The number of hydrogen-bond acceptors (Lipinski definition) is 3. The quantitative estimate of drug-likeness (QED) is 0.619. The summed E-state index contributed by atoms with van der Waals surface area (Å²) >= 11 is 0. The number of fused-ring (bicyclic) bond motifs is 1. The minimum atomic E-state index is 0.159. The normalized spacial score (nSPS) is 14.1. The van der Waals surface area contributed by atoms with Gasteiger partial charge in [-0.1, -0.05) is 60.7 Å². The van der Waals surface area contributed by atoms with Gasteiger partial charge in [-0.2, -0.15) is 0 Å². The van der Waals surface area contributed by atoms with E-state index in [1.54, 1.807) is 0 Å². The van der Waals surface area contributed by atoms with Gasteiger partial charge < -0.3 is 4.57 Å². The Labute approximate surface area is 160 Å². The van der Waals surface area contributed by atoms with E-state index in [-0.39, 0.29) is 5.78 Å². The summed E-state index contributed by atoms with van der Waals surface area (Å²) in [6, 6.07) is 20.5. The highest BCUT2D eigenvalue weighted by Crippen LogP contribution is 2.27. The molecule has 27 heavy (non-hydrogen) atoms. The predicted molar refractivity (Wildman–Crippen MR) is 108 cm³/mol. The number of aryl methyl sites for hydroxylation is 1. The summed E-state index contributed by atoms with van der Waals surface area (Å²) in [6.07, 6.45) is 2.32. The van der Waals surface area contributed by atoms with E-state index in [0.717, 1.165) is 49.6 Å². The minimum absolute atomic E-state index is 0.159. The molecular formula is C23H25N3O. The first-order chi connectivity index (χ1) is 13.2. The van der Waals surface area contributed by atoms with Crippen LogP contribution in [0, 0.1) is 0 Å². The van der Waals surface area contributed by atoms with Crippen LogP contribution in [0.2, 0.25) is 0 Å². The van der Waals surface area contributed by atoms with Crippen LogP contribution in [0.1, 0.15) is 34.6 Å². The predicted octanol–water partition coefficient (Wildman–Crippen LogP) is 4.20. The monoisotopic (exact) mass is 359 g/mol. The lowest BCUT2D eigenvalue weighted by Crippen LogP contribution is -2.31. The molecule has 138 valence electrons. The fraction of sp³-hybridized carbons (Fsp3) is 0.304. The van der Waals surface area contributed by atoms with Crippen LogP contribution >= 0.6 is 0 Å². The lowest BCUT2D eigenvalue weighted by molar-refractivity contribution is 0.0973. The van der Waals surface area contributed by atoms with Crippen molar-refractivity contribution in [2.75, 3.05) is 13.6 Å². The van der Waals surface area contributed by atoms with Crippen molar-refractivity contribution in [3.05, 3.63) is 77.6 Å². The molecule has 0 unspecified atom stereocenters. The summed E-state index contributed by atoms with van der Waals surface area (Å²) in [7, 11) is 2.10. The van der Waals surface area contributed by atoms with Crippen LogP contribution in [0.25, 0.3) is 11.4 Å². The Balaban J connectivity index is 1.56. The number of carbonyl (C=O) groups excluding carboxylic acids is 1. The first kappa shape index (κ1) is 17.7. The Morgan fingerprint density at radius 2 is 1.70 bits per heavy atom. The Morgan fingerprint density at radius 1 is 1.00 bits per heavy atom. The minimum Gasteiger partial charge on any atom is -0.325 e. The summed E-state index contributed by atoms with van der Waals surface area (Å²) < 4.78 is 2.24. The van der Waals surface area contributed by atoms with Crippen LogP contribution in [0.5, 0.6) is 0 Å². The Bertz CT molecular complexity index is 916. The fourth-order valence-corrected chi connectivity index (χ4v) is 3.74. The average Bonchev–Trinajstić information content (AvgIpc) is 3.08. The van der Waals surface area contributed by atoms with Gasteiger partial charge in [0.1, 0.15) is 11.5 Å². The number of carbonyl (C=O) groups is 1. The molecule has 0 radical (unpaired) electrons. The van der Waals surface area contributed by atoms with E-state index < -0.39 is 0 Å². The highest BCUT2D eigenvalue weighted by molar-refractivity contribution is 5.96. The fourth-order valence-electron chi connectivity index (χ4n) is 3.74. The number of likely N-dealkylation sites (N-methyl/N-ethyl adjacent to an activating group) is 1. The molecule has 0 atom stereocenters. The topological polar surface area (TPSA) is 38.1 Å². The van der Waals surface area contributed by atoms with Crippen molar-refractivity contribution in [2.45, 2.75) is 32.4 Å². The molecule has 4 heteroatoms. The SMILES string of the molecule is CN1CCn2c(-c3ccccc3)nc(C(=O)CCCc3ccccc3)c2C1. The second-order valence-electron chi connectivity index (χ2n) is 7.25. The van der Waals surface area contributed by atoms with Gasteiger partial charge in [-0.25, -0.2) is 4.98 Å². The van der Waals surface area contributed by atoms with Gasteiger partial charge in [0.15, 0.2) is 5.78 Å². The van der Waals surface area contributed by atoms with E-state index in [4.69, 9.17) is 4.98 Å². The van der Waals surface area contributed by atoms with E-state index in [9.17, 15) is 4.79 Å². The summed E-state index contributed by atoms with van der Waals surface area (Å²) in [6.45, 7) is 2.63. The largest absolute Gasteiger partial charge is 0.325 e. The molecule has 3 aromatic rings. The molecule has 0 bridgehead atoms. The summed E-state index contributed by atoms with van der Waals surface area (Å²) in [5.41, 5.74) is 4.08. The van der Waals surface area contributed by atoms with E-state index >= 15 is 0 Å². The highest BCUT2D eigenvalue weighted by Gasteiger charge is 2.26. The van der Waals surface area contributed by atoms with Crippen molar-refractivity contribution >= 4 is 5.78 Å². The first-order valence-electron chi connectivity index (χ1n) is 9.63. The number of nitrogens with zero attached hydrogens (tertiary/aromatic N) is 3. The summed E-state index contributed by atoms with van der Waals surface area (Å²) in [4.78, 5) is 20.0. The molecule has 0 saturated heterocycles. The lowest BCUT2D eigenvalue weighted by Gasteiger charge is -2.25. The van der Waals surface area contributed by atoms with Crippen molar-refractivity contribution in [2.24, 2.45) is 0 Å². The lowest BCUT2D eigenvalue weighted by atomic mass is 10.0. The molecule has 1 aliphatic heterocycles. The summed E-state index contributed by atoms with van der Waals surface area (Å²) in [5, 5.41) is 0. The average molecular weight is 359 g/mol. The molecule has 2 aromatic carbocycles. The van der Waals surface area contributed by atoms with Crippen molar-refractivity contribution in [1.29, 1.82) is 0 Å². The van der Waals surface area contributed by atoms with Gasteiger partial charge >= 0.3 is 0 Å². The second-order valence-corrected chi connectivity index (χ2v) is 7.25. The zero-order valence-corrected chi connectivity index (χ0v) is 15.8. The molecule has 0 aliphatic carbocycles. The Hall–Kier alpha value is -2.72. The number of aromatic nitrogens is 2. The molecule has 1 aromatic heterocycles. The summed E-state index contributed by atoms with van der Waals surface area (Å²) in [5.74, 6) is 1.08. The van der Waals surface area contributed by atoms with Crippen LogP contribution in [0.3, 0.4) is 0 Å². The maximum Gasteiger partial charge on any atom is 0.183 e. The van der Waals surface area contributed by atoms with Gasteiger partial charge in [-0.05, 0) is 25.5 Å². The van der Waals surface area contributed by atoms with Crippen LogP contribution in [-0.4, -0.2) is 33.8 Å². The number of rotatable bonds is 6. The van der Waals surface area contributed by atoms with Gasteiger partial charge in [0.2, 0.25) is 0 Å². The number of imidazole rings is 1. The maximum atomic E-state index is 13.0. The molecule has 2 heterocycles. The molecular weight excluding hydrogens is 334 g/mol. The van der Waals surface area contributed by atoms with E-state index in [1.807, 2.05) is 36.4 Å². The van der Waals surface area contributed by atoms with Crippen molar-refractivity contribution in [3.63, 3.8) is 0 Å². The van der Waals surface area contributed by atoms with Gasteiger partial charge in [0, 0.05) is 31.6 Å². The molecule has 0 fully saturated rings. The molecule has 4 rings (SSSR count). The molecule has 0 saturated carbocycles. The number of ketones is 1. The first-order valence-corrected chi connectivity index (χ1v) is 9.63. The van der Waals surface area contributed by atoms with Gasteiger partial charge in [-0.3, -0.25) is 9.69 Å². The highest BCUT2D eigenvalue weighted by atomic mass is 16.1. The van der Waals surface area contributed by atoms with E-state index in [0.29, 0.717) is 12.1 Å². The van der Waals surface area contributed by atoms with E-state index in [2.05, 4.69) is 40.8 Å². The van der Waals surface area contributed by atoms with Crippen LogP contribution in [0.4, 0.5) is 0 Å². The zero-order valence-electron chi connectivity index (χ0n) is 15.8. The van der Waals surface area contributed by atoms with E-state index in [1.165, 1.54) is 5.56 Å².